The lowest BCUT2D eigenvalue weighted by atomic mass is 9.95. The normalized spacial score (nSPS) is 15.1. The molecule has 0 bridgehead atoms. The molecule has 0 aromatic heterocycles. The molecule has 0 amide bonds. The van der Waals surface area contributed by atoms with Crippen LogP contribution in [0, 0.1) is 0 Å². The molecule has 1 atom stereocenters. The van der Waals surface area contributed by atoms with Crippen molar-refractivity contribution in [1.82, 2.24) is 4.72 Å². The van der Waals surface area contributed by atoms with E-state index in [1.165, 1.54) is 7.11 Å². The number of nitrogens with two attached hydrogens (primary N) is 1. The SMILES string of the molecule is CCC(N)(CC)CNS(=O)(=O)C(C)COC. The summed E-state index contributed by atoms with van der Waals surface area (Å²) in [6, 6.07) is 0. The van der Waals surface area contributed by atoms with E-state index in [4.69, 9.17) is 10.5 Å². The Morgan fingerprint density at radius 2 is 1.88 bits per heavy atom. The molecular formula is C10H24N2O3S. The fourth-order valence-corrected chi connectivity index (χ4v) is 2.30. The smallest absolute Gasteiger partial charge is 0.216 e. The van der Waals surface area contributed by atoms with Crippen LogP contribution in [0.15, 0.2) is 0 Å². The van der Waals surface area contributed by atoms with Crippen molar-refractivity contribution in [1.29, 1.82) is 0 Å². The molecule has 0 aliphatic carbocycles. The molecule has 0 aliphatic heterocycles. The van der Waals surface area contributed by atoms with Crippen molar-refractivity contribution in [3.8, 4) is 0 Å². The van der Waals surface area contributed by atoms with Crippen LogP contribution < -0.4 is 10.5 Å². The van der Waals surface area contributed by atoms with Crippen LogP contribution in [-0.4, -0.2) is 39.5 Å². The maximum Gasteiger partial charge on any atom is 0.216 e. The third-order valence-corrected chi connectivity index (χ3v) is 4.71. The van der Waals surface area contributed by atoms with Gasteiger partial charge in [-0.05, 0) is 19.8 Å². The van der Waals surface area contributed by atoms with Gasteiger partial charge in [0.05, 0.1) is 11.9 Å². The number of nitrogens with one attached hydrogen (secondary N) is 1. The molecule has 0 aliphatic rings. The van der Waals surface area contributed by atoms with E-state index in [0.29, 0.717) is 0 Å². The van der Waals surface area contributed by atoms with Crippen LogP contribution in [0.3, 0.4) is 0 Å². The van der Waals surface area contributed by atoms with E-state index in [1.807, 2.05) is 13.8 Å². The van der Waals surface area contributed by atoms with Gasteiger partial charge in [-0.2, -0.15) is 0 Å². The predicted octanol–water partition coefficient (Wildman–Crippen LogP) is 0.458. The first-order valence-corrected chi connectivity index (χ1v) is 7.12. The van der Waals surface area contributed by atoms with E-state index < -0.39 is 20.8 Å². The quantitative estimate of drug-likeness (QED) is 0.657. The zero-order chi connectivity index (χ0) is 12.8. The number of hydrogen-bond donors (Lipinski definition) is 2. The standard InChI is InChI=1S/C10H24N2O3S/c1-5-10(11,6-2)8-12-16(13,14)9(3)7-15-4/h9,12H,5-8,11H2,1-4H3. The summed E-state index contributed by atoms with van der Waals surface area (Å²) in [6.07, 6.45) is 1.48. The van der Waals surface area contributed by atoms with Gasteiger partial charge in [0, 0.05) is 19.2 Å². The minimum atomic E-state index is -3.33. The number of ether oxygens (including phenoxy) is 1. The molecule has 5 nitrogen and oxygen atoms in total. The van der Waals surface area contributed by atoms with Crippen LogP contribution in [0.4, 0.5) is 0 Å². The molecule has 0 fully saturated rings. The van der Waals surface area contributed by atoms with Crippen LogP contribution in [0.2, 0.25) is 0 Å². The van der Waals surface area contributed by atoms with Crippen LogP contribution in [0.1, 0.15) is 33.6 Å². The van der Waals surface area contributed by atoms with E-state index in [2.05, 4.69) is 4.72 Å². The van der Waals surface area contributed by atoms with Gasteiger partial charge in [-0.3, -0.25) is 0 Å². The van der Waals surface area contributed by atoms with Gasteiger partial charge in [0.15, 0.2) is 0 Å². The largest absolute Gasteiger partial charge is 0.383 e. The van der Waals surface area contributed by atoms with Crippen LogP contribution in [0.5, 0.6) is 0 Å². The van der Waals surface area contributed by atoms with E-state index >= 15 is 0 Å². The molecule has 0 aromatic rings. The van der Waals surface area contributed by atoms with E-state index in [1.54, 1.807) is 6.92 Å². The fourth-order valence-electron chi connectivity index (χ4n) is 1.21. The first kappa shape index (κ1) is 15.8. The highest BCUT2D eigenvalue weighted by Gasteiger charge is 2.26. The second-order valence-corrected chi connectivity index (χ2v) is 6.38. The molecular weight excluding hydrogens is 228 g/mol. The van der Waals surface area contributed by atoms with Gasteiger partial charge in [0.2, 0.25) is 10.0 Å². The molecule has 0 saturated carbocycles. The number of methoxy groups -OCH3 is 1. The third kappa shape index (κ3) is 4.78. The second kappa shape index (κ2) is 6.54. The maximum atomic E-state index is 11.8. The molecule has 0 saturated heterocycles. The molecule has 16 heavy (non-hydrogen) atoms. The van der Waals surface area contributed by atoms with Gasteiger partial charge in [0.25, 0.3) is 0 Å². The van der Waals surface area contributed by atoms with Crippen molar-refractivity contribution in [2.75, 3.05) is 20.3 Å². The van der Waals surface area contributed by atoms with Crippen molar-refractivity contribution in [2.45, 2.75) is 44.4 Å². The van der Waals surface area contributed by atoms with Gasteiger partial charge in [0.1, 0.15) is 0 Å². The Balaban J connectivity index is 4.39. The van der Waals surface area contributed by atoms with Gasteiger partial charge in [-0.15, -0.1) is 0 Å². The monoisotopic (exact) mass is 252 g/mol. The van der Waals surface area contributed by atoms with Crippen molar-refractivity contribution in [3.63, 3.8) is 0 Å². The number of rotatable bonds is 8. The molecule has 0 rings (SSSR count). The predicted molar refractivity (Wildman–Crippen MR) is 65.8 cm³/mol. The highest BCUT2D eigenvalue weighted by Crippen LogP contribution is 2.10. The maximum absolute atomic E-state index is 11.8. The Morgan fingerprint density at radius 3 is 2.25 bits per heavy atom. The van der Waals surface area contributed by atoms with E-state index in [0.717, 1.165) is 12.8 Å². The van der Waals surface area contributed by atoms with Crippen LogP contribution in [0.25, 0.3) is 0 Å². The van der Waals surface area contributed by atoms with Crippen molar-refractivity contribution in [2.24, 2.45) is 5.73 Å². The average Bonchev–Trinajstić information content (AvgIpc) is 2.26. The topological polar surface area (TPSA) is 81.4 Å². The lowest BCUT2D eigenvalue weighted by molar-refractivity contribution is 0.200. The summed E-state index contributed by atoms with van der Waals surface area (Å²) in [5, 5.41) is -0.560. The van der Waals surface area contributed by atoms with Gasteiger partial charge < -0.3 is 10.5 Å². The Kier molecular flexibility index (Phi) is 6.47. The molecule has 6 heteroatoms. The van der Waals surface area contributed by atoms with Crippen molar-refractivity contribution < 1.29 is 13.2 Å². The molecule has 0 radical (unpaired) electrons. The van der Waals surface area contributed by atoms with Crippen LogP contribution in [-0.2, 0) is 14.8 Å². The van der Waals surface area contributed by atoms with E-state index in [-0.39, 0.29) is 13.2 Å². The average molecular weight is 252 g/mol. The number of sulfonamides is 1. The molecule has 98 valence electrons. The summed E-state index contributed by atoms with van der Waals surface area (Å²) in [7, 11) is -1.85. The minimum Gasteiger partial charge on any atom is -0.383 e. The molecule has 3 N–H and O–H groups in total. The highest BCUT2D eigenvalue weighted by atomic mass is 32.2. The Bertz CT molecular complexity index is 286. The Hall–Kier alpha value is -0.170. The van der Waals surface area contributed by atoms with Crippen molar-refractivity contribution >= 4 is 10.0 Å². The van der Waals surface area contributed by atoms with Gasteiger partial charge >= 0.3 is 0 Å². The van der Waals surface area contributed by atoms with Gasteiger partial charge in [-0.25, -0.2) is 13.1 Å². The molecule has 0 spiro atoms. The summed E-state index contributed by atoms with van der Waals surface area (Å²) in [5.41, 5.74) is 5.56. The fraction of sp³-hybridized carbons (Fsp3) is 1.00. The highest BCUT2D eigenvalue weighted by molar-refractivity contribution is 7.90. The summed E-state index contributed by atoms with van der Waals surface area (Å²) >= 11 is 0. The van der Waals surface area contributed by atoms with Crippen LogP contribution >= 0.6 is 0 Å². The Morgan fingerprint density at radius 1 is 1.38 bits per heavy atom. The zero-order valence-electron chi connectivity index (χ0n) is 10.6. The van der Waals surface area contributed by atoms with Crippen molar-refractivity contribution in [3.05, 3.63) is 0 Å². The Labute approximate surface area is 98.8 Å². The lowest BCUT2D eigenvalue weighted by Gasteiger charge is -2.27. The molecule has 0 aromatic carbocycles. The summed E-state index contributed by atoms with van der Waals surface area (Å²) < 4.78 is 30.9. The summed E-state index contributed by atoms with van der Waals surface area (Å²) in [6.45, 7) is 5.98. The molecule has 0 heterocycles. The first-order chi connectivity index (χ1) is 7.31. The van der Waals surface area contributed by atoms with Gasteiger partial charge in [-0.1, -0.05) is 13.8 Å². The second-order valence-electron chi connectivity index (χ2n) is 4.20. The zero-order valence-corrected chi connectivity index (χ0v) is 11.4. The lowest BCUT2D eigenvalue weighted by Crippen LogP contribution is -2.50. The number of hydrogen-bond acceptors (Lipinski definition) is 4. The summed E-state index contributed by atoms with van der Waals surface area (Å²) in [5.74, 6) is 0. The third-order valence-electron chi connectivity index (χ3n) is 2.96. The van der Waals surface area contributed by atoms with E-state index in [9.17, 15) is 8.42 Å². The minimum absolute atomic E-state index is 0.186. The molecule has 1 unspecified atom stereocenters. The summed E-state index contributed by atoms with van der Waals surface area (Å²) in [4.78, 5) is 0. The first-order valence-electron chi connectivity index (χ1n) is 5.57.